The zero-order chi connectivity index (χ0) is 12.6. The zero-order valence-corrected chi connectivity index (χ0v) is 11.0. The van der Waals surface area contributed by atoms with Crippen molar-refractivity contribution in [2.45, 2.75) is 19.9 Å². The Hall–Kier alpha value is -1.19. The summed E-state index contributed by atoms with van der Waals surface area (Å²) in [5.74, 6) is -0.150. The Kier molecular flexibility index (Phi) is 3.31. The topological polar surface area (TPSA) is 44.9 Å². The van der Waals surface area contributed by atoms with Crippen LogP contribution < -0.4 is 5.32 Å². The van der Waals surface area contributed by atoms with E-state index in [1.165, 1.54) is 0 Å². The molecule has 0 aliphatic carbocycles. The molecule has 0 atom stereocenters. The van der Waals surface area contributed by atoms with Crippen LogP contribution in [0.1, 0.15) is 24.3 Å². The second-order valence-corrected chi connectivity index (χ2v) is 5.01. The van der Waals surface area contributed by atoms with E-state index in [2.05, 4.69) is 10.3 Å². The highest BCUT2D eigenvalue weighted by Gasteiger charge is 2.12. The normalized spacial score (nSPS) is 11.1. The van der Waals surface area contributed by atoms with E-state index in [1.54, 1.807) is 18.2 Å². The van der Waals surface area contributed by atoms with Gasteiger partial charge in [0.05, 0.1) is 10.5 Å². The smallest absolute Gasteiger partial charge is 0.267 e. The lowest BCUT2D eigenvalue weighted by Crippen LogP contribution is -2.30. The molecular weight excluding hydrogens is 259 g/mol. The summed E-state index contributed by atoms with van der Waals surface area (Å²) in [5, 5.41) is 4.70. The van der Waals surface area contributed by atoms with E-state index < -0.39 is 0 Å². The summed E-state index contributed by atoms with van der Waals surface area (Å²) in [7, 11) is 0. The molecule has 2 aromatic rings. The van der Waals surface area contributed by atoms with Gasteiger partial charge in [0.2, 0.25) is 0 Å². The molecular formula is C12H12Cl2N2O. The van der Waals surface area contributed by atoms with Gasteiger partial charge in [0.25, 0.3) is 5.91 Å². The summed E-state index contributed by atoms with van der Waals surface area (Å²) in [6.07, 6.45) is 0. The van der Waals surface area contributed by atoms with E-state index in [4.69, 9.17) is 23.2 Å². The number of carbonyl (C=O) groups is 1. The summed E-state index contributed by atoms with van der Waals surface area (Å²) >= 11 is 11.9. The van der Waals surface area contributed by atoms with Crippen molar-refractivity contribution < 1.29 is 4.79 Å². The third-order valence-corrected chi connectivity index (χ3v) is 2.83. The molecule has 0 aliphatic rings. The van der Waals surface area contributed by atoms with Crippen molar-refractivity contribution in [1.29, 1.82) is 0 Å². The quantitative estimate of drug-likeness (QED) is 0.861. The van der Waals surface area contributed by atoms with Gasteiger partial charge in [-0.15, -0.1) is 0 Å². The van der Waals surface area contributed by atoms with E-state index in [1.807, 2.05) is 13.8 Å². The average molecular weight is 271 g/mol. The zero-order valence-electron chi connectivity index (χ0n) is 9.47. The summed E-state index contributed by atoms with van der Waals surface area (Å²) in [6.45, 7) is 3.81. The molecule has 1 aromatic carbocycles. The SMILES string of the molecule is CC(C)NC(=O)c1cc2cc(Cl)cc(Cl)c2[nH]1. The number of rotatable bonds is 2. The van der Waals surface area contributed by atoms with Crippen molar-refractivity contribution in [3.05, 3.63) is 33.9 Å². The Labute approximate surface area is 109 Å². The first-order valence-corrected chi connectivity index (χ1v) is 6.01. The lowest BCUT2D eigenvalue weighted by atomic mass is 10.2. The van der Waals surface area contributed by atoms with Crippen LogP contribution in [0.2, 0.25) is 10.0 Å². The Balaban J connectivity index is 2.44. The fraction of sp³-hybridized carbons (Fsp3) is 0.250. The number of hydrogen-bond acceptors (Lipinski definition) is 1. The van der Waals surface area contributed by atoms with Gasteiger partial charge in [0.15, 0.2) is 0 Å². The number of aromatic amines is 1. The number of benzene rings is 1. The number of amides is 1. The van der Waals surface area contributed by atoms with Crippen LogP contribution in [0.5, 0.6) is 0 Å². The maximum atomic E-state index is 11.8. The van der Waals surface area contributed by atoms with E-state index in [0.29, 0.717) is 15.7 Å². The average Bonchev–Trinajstić information content (AvgIpc) is 2.60. The number of halogens is 2. The van der Waals surface area contributed by atoms with Gasteiger partial charge >= 0.3 is 0 Å². The van der Waals surface area contributed by atoms with Crippen LogP contribution in [-0.4, -0.2) is 16.9 Å². The minimum atomic E-state index is -0.150. The number of carbonyl (C=O) groups excluding carboxylic acids is 1. The molecule has 0 saturated heterocycles. The Morgan fingerprint density at radius 3 is 2.65 bits per heavy atom. The van der Waals surface area contributed by atoms with Crippen LogP contribution >= 0.6 is 23.2 Å². The van der Waals surface area contributed by atoms with Gasteiger partial charge in [-0.1, -0.05) is 23.2 Å². The number of nitrogens with one attached hydrogen (secondary N) is 2. The molecule has 1 amide bonds. The first-order chi connectivity index (χ1) is 7.97. The number of aromatic nitrogens is 1. The number of hydrogen-bond donors (Lipinski definition) is 2. The number of H-pyrrole nitrogens is 1. The van der Waals surface area contributed by atoms with Crippen LogP contribution in [0.15, 0.2) is 18.2 Å². The van der Waals surface area contributed by atoms with Gasteiger partial charge in [-0.3, -0.25) is 4.79 Å². The van der Waals surface area contributed by atoms with E-state index in [-0.39, 0.29) is 11.9 Å². The molecule has 0 aliphatic heterocycles. The van der Waals surface area contributed by atoms with Crippen molar-refractivity contribution in [1.82, 2.24) is 10.3 Å². The molecule has 2 N–H and O–H groups in total. The van der Waals surface area contributed by atoms with Gasteiger partial charge in [0, 0.05) is 16.5 Å². The first-order valence-electron chi connectivity index (χ1n) is 5.26. The van der Waals surface area contributed by atoms with Gasteiger partial charge in [-0.2, -0.15) is 0 Å². The molecule has 90 valence electrons. The van der Waals surface area contributed by atoms with Crippen molar-refractivity contribution >= 4 is 40.0 Å². The van der Waals surface area contributed by atoms with Crippen molar-refractivity contribution in [3.8, 4) is 0 Å². The molecule has 0 saturated carbocycles. The lowest BCUT2D eigenvalue weighted by Gasteiger charge is -2.05. The third kappa shape index (κ3) is 2.56. The molecule has 0 spiro atoms. The molecule has 0 radical (unpaired) electrons. The van der Waals surface area contributed by atoms with Crippen LogP contribution in [0.4, 0.5) is 0 Å². The summed E-state index contributed by atoms with van der Waals surface area (Å²) in [5.41, 5.74) is 1.21. The lowest BCUT2D eigenvalue weighted by molar-refractivity contribution is 0.0939. The molecule has 1 heterocycles. The second-order valence-electron chi connectivity index (χ2n) is 4.16. The largest absolute Gasteiger partial charge is 0.349 e. The van der Waals surface area contributed by atoms with Crippen LogP contribution in [0, 0.1) is 0 Å². The summed E-state index contributed by atoms with van der Waals surface area (Å²) in [6, 6.07) is 5.25. The van der Waals surface area contributed by atoms with Gasteiger partial charge < -0.3 is 10.3 Å². The minimum absolute atomic E-state index is 0.0907. The summed E-state index contributed by atoms with van der Waals surface area (Å²) < 4.78 is 0. The predicted molar refractivity (Wildman–Crippen MR) is 70.9 cm³/mol. The highest BCUT2D eigenvalue weighted by Crippen LogP contribution is 2.27. The van der Waals surface area contributed by atoms with Gasteiger partial charge in [0.1, 0.15) is 5.69 Å². The molecule has 1 aromatic heterocycles. The maximum absolute atomic E-state index is 11.8. The first kappa shape index (κ1) is 12.3. The fourth-order valence-electron chi connectivity index (χ4n) is 1.63. The standard InChI is InChI=1S/C12H12Cl2N2O/c1-6(2)15-12(17)10-4-7-3-8(13)5-9(14)11(7)16-10/h3-6,16H,1-2H3,(H,15,17). The van der Waals surface area contributed by atoms with E-state index in [9.17, 15) is 4.79 Å². The van der Waals surface area contributed by atoms with Crippen molar-refractivity contribution in [2.75, 3.05) is 0 Å². The number of fused-ring (bicyclic) bond motifs is 1. The Morgan fingerprint density at radius 1 is 1.29 bits per heavy atom. The van der Waals surface area contributed by atoms with E-state index in [0.717, 1.165) is 10.9 Å². The van der Waals surface area contributed by atoms with Gasteiger partial charge in [-0.05, 0) is 32.0 Å². The fourth-order valence-corrected chi connectivity index (χ4v) is 2.18. The summed E-state index contributed by atoms with van der Waals surface area (Å²) in [4.78, 5) is 14.8. The minimum Gasteiger partial charge on any atom is -0.349 e. The molecule has 2 rings (SSSR count). The highest BCUT2D eigenvalue weighted by molar-refractivity contribution is 6.38. The van der Waals surface area contributed by atoms with Crippen molar-refractivity contribution in [2.24, 2.45) is 0 Å². The van der Waals surface area contributed by atoms with Gasteiger partial charge in [-0.25, -0.2) is 0 Å². The van der Waals surface area contributed by atoms with Crippen LogP contribution in [0.3, 0.4) is 0 Å². The molecule has 0 fully saturated rings. The molecule has 0 bridgehead atoms. The molecule has 5 heteroatoms. The van der Waals surface area contributed by atoms with Crippen LogP contribution in [0.25, 0.3) is 10.9 Å². The molecule has 0 unspecified atom stereocenters. The molecule has 17 heavy (non-hydrogen) atoms. The van der Waals surface area contributed by atoms with Crippen molar-refractivity contribution in [3.63, 3.8) is 0 Å². The maximum Gasteiger partial charge on any atom is 0.267 e. The second kappa shape index (κ2) is 4.59. The molecule has 3 nitrogen and oxygen atoms in total. The van der Waals surface area contributed by atoms with Crippen LogP contribution in [-0.2, 0) is 0 Å². The Morgan fingerprint density at radius 2 is 2.00 bits per heavy atom. The Bertz CT molecular complexity index is 575. The highest BCUT2D eigenvalue weighted by atomic mass is 35.5. The third-order valence-electron chi connectivity index (χ3n) is 2.31. The monoisotopic (exact) mass is 270 g/mol. The van der Waals surface area contributed by atoms with E-state index >= 15 is 0 Å². The predicted octanol–water partition coefficient (Wildman–Crippen LogP) is 3.61.